The maximum Gasteiger partial charge on any atom is 0.255 e. The van der Waals surface area contributed by atoms with Crippen molar-refractivity contribution in [2.24, 2.45) is 0 Å². The van der Waals surface area contributed by atoms with Crippen LogP contribution >= 0.6 is 0 Å². The standard InChI is InChI=1S/C27H35N3O3/c1-4-28-14-16-29(17-15-28)22-11-7-8-20-26(22)23-10-6-5-9-21(30(23)27(20)31)19-12-13-24(32-2)25(18-19)33-3/h7-8,11-13,18,21,23H,4-6,9-10,14-17H2,1-3H3. The third kappa shape index (κ3) is 3.84. The molecule has 2 atom stereocenters. The largest absolute Gasteiger partial charge is 0.493 e. The number of hydrogen-bond donors (Lipinski definition) is 0. The number of ether oxygens (including phenoxy) is 2. The van der Waals surface area contributed by atoms with Gasteiger partial charge in [-0.3, -0.25) is 4.79 Å². The van der Waals surface area contributed by atoms with Crippen LogP contribution in [-0.4, -0.2) is 62.7 Å². The molecule has 6 heteroatoms. The highest BCUT2D eigenvalue weighted by molar-refractivity contribution is 6.01. The van der Waals surface area contributed by atoms with Gasteiger partial charge in [-0.1, -0.05) is 31.9 Å². The van der Waals surface area contributed by atoms with Gasteiger partial charge in [-0.15, -0.1) is 0 Å². The molecule has 2 aromatic carbocycles. The normalized spacial score (nSPS) is 23.2. The number of piperazine rings is 1. The highest BCUT2D eigenvalue weighted by Gasteiger charge is 2.44. The van der Waals surface area contributed by atoms with Crippen molar-refractivity contribution in [1.29, 1.82) is 0 Å². The quantitative estimate of drug-likeness (QED) is 0.665. The molecule has 0 spiro atoms. The van der Waals surface area contributed by atoms with E-state index in [4.69, 9.17) is 9.47 Å². The highest BCUT2D eigenvalue weighted by atomic mass is 16.5. The second-order valence-electron chi connectivity index (χ2n) is 9.30. The molecule has 0 saturated carbocycles. The molecule has 0 aliphatic carbocycles. The van der Waals surface area contributed by atoms with Gasteiger partial charge in [0, 0.05) is 43.0 Å². The zero-order chi connectivity index (χ0) is 22.9. The molecule has 2 aromatic rings. The molecule has 2 saturated heterocycles. The maximum absolute atomic E-state index is 13.8. The van der Waals surface area contributed by atoms with E-state index in [0.29, 0.717) is 0 Å². The Morgan fingerprint density at radius 1 is 0.909 bits per heavy atom. The summed E-state index contributed by atoms with van der Waals surface area (Å²) in [6.07, 6.45) is 4.24. The average Bonchev–Trinajstić information content (AvgIpc) is 3.01. The number of nitrogens with zero attached hydrogens (tertiary/aromatic N) is 3. The van der Waals surface area contributed by atoms with Gasteiger partial charge in [0.25, 0.3) is 5.91 Å². The van der Waals surface area contributed by atoms with Crippen LogP contribution in [0.3, 0.4) is 0 Å². The zero-order valence-corrected chi connectivity index (χ0v) is 20.0. The van der Waals surface area contributed by atoms with E-state index in [2.05, 4.69) is 39.8 Å². The molecule has 0 bridgehead atoms. The number of fused-ring (bicyclic) bond motifs is 3. The summed E-state index contributed by atoms with van der Waals surface area (Å²) < 4.78 is 11.0. The van der Waals surface area contributed by atoms with Gasteiger partial charge in [-0.05, 0) is 49.2 Å². The number of likely N-dealkylation sites (N-methyl/N-ethyl adjacent to an activating group) is 1. The minimum atomic E-state index is 0.0435. The third-order valence-corrected chi connectivity index (χ3v) is 7.71. The van der Waals surface area contributed by atoms with E-state index in [1.807, 2.05) is 18.2 Å². The lowest BCUT2D eigenvalue weighted by Crippen LogP contribution is -2.46. The molecular formula is C27H35N3O3. The Bertz CT molecular complexity index is 1020. The molecule has 176 valence electrons. The highest BCUT2D eigenvalue weighted by Crippen LogP contribution is 2.50. The summed E-state index contributed by atoms with van der Waals surface area (Å²) >= 11 is 0. The summed E-state index contributed by atoms with van der Waals surface area (Å²) in [4.78, 5) is 21.0. The number of benzene rings is 2. The molecule has 3 aliphatic heterocycles. The molecule has 2 fully saturated rings. The van der Waals surface area contributed by atoms with Crippen molar-refractivity contribution in [3.8, 4) is 11.5 Å². The minimum Gasteiger partial charge on any atom is -0.493 e. The van der Waals surface area contributed by atoms with E-state index in [-0.39, 0.29) is 18.0 Å². The van der Waals surface area contributed by atoms with Gasteiger partial charge >= 0.3 is 0 Å². The first kappa shape index (κ1) is 22.1. The molecule has 33 heavy (non-hydrogen) atoms. The monoisotopic (exact) mass is 449 g/mol. The fraction of sp³-hybridized carbons (Fsp3) is 0.519. The van der Waals surface area contributed by atoms with Crippen LogP contribution in [0.15, 0.2) is 36.4 Å². The lowest BCUT2D eigenvalue weighted by Gasteiger charge is -2.37. The smallest absolute Gasteiger partial charge is 0.255 e. The number of methoxy groups -OCH3 is 2. The van der Waals surface area contributed by atoms with Crippen molar-refractivity contribution in [2.45, 2.75) is 44.7 Å². The molecule has 3 heterocycles. The predicted molar refractivity (Wildman–Crippen MR) is 130 cm³/mol. The summed E-state index contributed by atoms with van der Waals surface area (Å²) in [5.41, 5.74) is 4.53. The fourth-order valence-corrected chi connectivity index (χ4v) is 5.93. The Balaban J connectivity index is 1.51. The molecular weight excluding hydrogens is 414 g/mol. The van der Waals surface area contributed by atoms with Gasteiger partial charge in [-0.2, -0.15) is 0 Å². The van der Waals surface area contributed by atoms with E-state index in [1.54, 1.807) is 14.2 Å². The van der Waals surface area contributed by atoms with Crippen LogP contribution in [0.4, 0.5) is 5.69 Å². The predicted octanol–water partition coefficient (Wildman–Crippen LogP) is 4.66. The van der Waals surface area contributed by atoms with Gasteiger partial charge in [-0.25, -0.2) is 0 Å². The minimum absolute atomic E-state index is 0.0435. The van der Waals surface area contributed by atoms with Crippen LogP contribution in [0.2, 0.25) is 0 Å². The molecule has 1 amide bonds. The van der Waals surface area contributed by atoms with Crippen molar-refractivity contribution in [2.75, 3.05) is 51.8 Å². The summed E-state index contributed by atoms with van der Waals surface area (Å²) in [6.45, 7) is 7.52. The first-order valence-electron chi connectivity index (χ1n) is 12.3. The molecule has 3 aliphatic rings. The number of anilines is 1. The van der Waals surface area contributed by atoms with Crippen LogP contribution in [0.5, 0.6) is 11.5 Å². The van der Waals surface area contributed by atoms with E-state index < -0.39 is 0 Å². The van der Waals surface area contributed by atoms with Gasteiger partial charge in [0.1, 0.15) is 0 Å². The van der Waals surface area contributed by atoms with Crippen molar-refractivity contribution >= 4 is 11.6 Å². The lowest BCUT2D eigenvalue weighted by molar-refractivity contribution is 0.0628. The van der Waals surface area contributed by atoms with Gasteiger partial charge in [0.15, 0.2) is 11.5 Å². The van der Waals surface area contributed by atoms with E-state index in [0.717, 1.165) is 81.0 Å². The van der Waals surface area contributed by atoms with Crippen LogP contribution in [0.1, 0.15) is 66.2 Å². The van der Waals surface area contributed by atoms with Crippen LogP contribution in [-0.2, 0) is 0 Å². The van der Waals surface area contributed by atoms with Crippen LogP contribution in [0.25, 0.3) is 0 Å². The Morgan fingerprint density at radius 3 is 2.33 bits per heavy atom. The second-order valence-corrected chi connectivity index (χ2v) is 9.30. The number of carbonyl (C=O) groups is 1. The molecule has 0 N–H and O–H groups in total. The van der Waals surface area contributed by atoms with Gasteiger partial charge in [0.05, 0.1) is 26.3 Å². The van der Waals surface area contributed by atoms with E-state index in [9.17, 15) is 4.79 Å². The molecule has 2 unspecified atom stereocenters. The van der Waals surface area contributed by atoms with Crippen LogP contribution in [0, 0.1) is 0 Å². The average molecular weight is 450 g/mol. The lowest BCUT2D eigenvalue weighted by atomic mass is 9.97. The first-order chi connectivity index (χ1) is 16.2. The van der Waals surface area contributed by atoms with Crippen molar-refractivity contribution in [3.63, 3.8) is 0 Å². The summed E-state index contributed by atoms with van der Waals surface area (Å²) in [6, 6.07) is 12.6. The topological polar surface area (TPSA) is 45.2 Å². The fourth-order valence-electron chi connectivity index (χ4n) is 5.93. The number of hydrogen-bond acceptors (Lipinski definition) is 5. The Morgan fingerprint density at radius 2 is 1.64 bits per heavy atom. The Hall–Kier alpha value is -2.73. The molecule has 5 rings (SSSR count). The number of rotatable bonds is 5. The Kier molecular flexibility index (Phi) is 6.19. The summed E-state index contributed by atoms with van der Waals surface area (Å²) in [5.74, 6) is 1.61. The van der Waals surface area contributed by atoms with E-state index in [1.165, 1.54) is 11.3 Å². The first-order valence-corrected chi connectivity index (χ1v) is 12.3. The SMILES string of the molecule is CCN1CCN(c2cccc3c2C2CCCCC(c4ccc(OC)c(OC)c4)N2C3=O)CC1. The second kappa shape index (κ2) is 9.26. The van der Waals surface area contributed by atoms with Crippen molar-refractivity contribution < 1.29 is 14.3 Å². The molecule has 6 nitrogen and oxygen atoms in total. The van der Waals surface area contributed by atoms with Gasteiger partial charge < -0.3 is 24.2 Å². The molecule has 0 radical (unpaired) electrons. The molecule has 0 aromatic heterocycles. The van der Waals surface area contributed by atoms with E-state index >= 15 is 0 Å². The van der Waals surface area contributed by atoms with Gasteiger partial charge in [0.2, 0.25) is 0 Å². The summed E-state index contributed by atoms with van der Waals surface area (Å²) in [7, 11) is 3.32. The van der Waals surface area contributed by atoms with Crippen molar-refractivity contribution in [1.82, 2.24) is 9.80 Å². The van der Waals surface area contributed by atoms with Crippen molar-refractivity contribution in [3.05, 3.63) is 53.1 Å². The number of amides is 1. The maximum atomic E-state index is 13.8. The Labute approximate surface area is 197 Å². The summed E-state index contributed by atoms with van der Waals surface area (Å²) in [5, 5.41) is 0. The number of carbonyl (C=O) groups excluding carboxylic acids is 1. The third-order valence-electron chi connectivity index (χ3n) is 7.71. The van der Waals surface area contributed by atoms with Crippen LogP contribution < -0.4 is 14.4 Å². The zero-order valence-electron chi connectivity index (χ0n) is 20.0.